The summed E-state index contributed by atoms with van der Waals surface area (Å²) >= 11 is 1.59. The number of rotatable bonds is 7. The van der Waals surface area contributed by atoms with E-state index < -0.39 is 10.0 Å². The van der Waals surface area contributed by atoms with Gasteiger partial charge in [0.15, 0.2) is 0 Å². The van der Waals surface area contributed by atoms with Gasteiger partial charge in [0, 0.05) is 24.9 Å². The first kappa shape index (κ1) is 16.3. The second-order valence-electron chi connectivity index (χ2n) is 3.95. The van der Waals surface area contributed by atoms with E-state index in [1.54, 1.807) is 24.9 Å². The lowest BCUT2D eigenvalue weighted by Gasteiger charge is -2.17. The van der Waals surface area contributed by atoms with E-state index in [4.69, 9.17) is 4.74 Å². The fraction of sp³-hybridized carbons (Fsp3) is 0.500. The highest BCUT2D eigenvalue weighted by Crippen LogP contribution is 2.24. The number of benzene rings is 1. The summed E-state index contributed by atoms with van der Waals surface area (Å²) in [6.07, 6.45) is 1.93. The third-order valence-electron chi connectivity index (χ3n) is 2.74. The quantitative estimate of drug-likeness (QED) is 0.819. The molecule has 0 saturated carbocycles. The van der Waals surface area contributed by atoms with E-state index in [9.17, 15) is 13.5 Å². The van der Waals surface area contributed by atoms with Crippen LogP contribution in [0.1, 0.15) is 5.56 Å². The van der Waals surface area contributed by atoms with Crippen LogP contribution in [0.15, 0.2) is 23.1 Å². The lowest BCUT2D eigenvalue weighted by atomic mass is 10.2. The Morgan fingerprint density at radius 2 is 2.11 bits per heavy atom. The highest BCUT2D eigenvalue weighted by molar-refractivity contribution is 7.98. The van der Waals surface area contributed by atoms with Crippen LogP contribution in [0.25, 0.3) is 0 Å². The summed E-state index contributed by atoms with van der Waals surface area (Å²) in [6, 6.07) is 4.49. The molecule has 0 aliphatic rings. The Labute approximate surface area is 118 Å². The molecular formula is C12H19NO4S2. The molecule has 0 heterocycles. The van der Waals surface area contributed by atoms with Gasteiger partial charge in [0.2, 0.25) is 10.0 Å². The van der Waals surface area contributed by atoms with E-state index >= 15 is 0 Å². The minimum atomic E-state index is -3.52. The first-order chi connectivity index (χ1) is 8.97. The van der Waals surface area contributed by atoms with Crippen LogP contribution >= 0.6 is 11.8 Å². The predicted molar refractivity (Wildman–Crippen MR) is 77.1 cm³/mol. The minimum absolute atomic E-state index is 0.168. The number of nitrogens with zero attached hydrogens (tertiary/aromatic N) is 1. The number of hydrogen-bond donors (Lipinski definition) is 1. The normalized spacial score (nSPS) is 11.8. The molecule has 0 fully saturated rings. The van der Waals surface area contributed by atoms with Crippen LogP contribution in [-0.4, -0.2) is 50.5 Å². The number of sulfonamides is 1. The molecule has 19 heavy (non-hydrogen) atoms. The summed E-state index contributed by atoms with van der Waals surface area (Å²) in [5, 5.41) is 9.23. The molecule has 7 heteroatoms. The van der Waals surface area contributed by atoms with Gasteiger partial charge < -0.3 is 9.84 Å². The first-order valence-corrected chi connectivity index (χ1v) is 8.53. The number of aliphatic hydroxyl groups excluding tert-OH is 1. The van der Waals surface area contributed by atoms with E-state index in [1.807, 2.05) is 6.26 Å². The maximum atomic E-state index is 12.3. The topological polar surface area (TPSA) is 66.8 Å². The van der Waals surface area contributed by atoms with Crippen molar-refractivity contribution >= 4 is 21.8 Å². The molecule has 0 saturated heterocycles. The number of aliphatic hydroxyl groups is 1. The fourth-order valence-corrected chi connectivity index (χ4v) is 3.35. The van der Waals surface area contributed by atoms with Crippen LogP contribution in [-0.2, 0) is 16.6 Å². The zero-order valence-electron chi connectivity index (χ0n) is 11.3. The Balaban J connectivity index is 3.08. The Morgan fingerprint density at radius 3 is 2.63 bits per heavy atom. The molecule has 0 bridgehead atoms. The van der Waals surface area contributed by atoms with Crippen molar-refractivity contribution in [2.75, 3.05) is 32.7 Å². The van der Waals surface area contributed by atoms with Gasteiger partial charge in [-0.2, -0.15) is 11.8 Å². The molecule has 0 radical (unpaired) electrons. The molecule has 108 valence electrons. The molecule has 1 aromatic carbocycles. The Bertz CT molecular complexity index is 516. The van der Waals surface area contributed by atoms with E-state index in [1.165, 1.54) is 23.5 Å². The number of methoxy groups -OCH3 is 1. The molecule has 0 spiro atoms. The lowest BCUT2D eigenvalue weighted by Crippen LogP contribution is -2.29. The predicted octanol–water partition coefficient (Wildman–Crippen LogP) is 1.17. The molecular weight excluding hydrogens is 286 g/mol. The monoisotopic (exact) mass is 305 g/mol. The van der Waals surface area contributed by atoms with Gasteiger partial charge in [-0.1, -0.05) is 0 Å². The SMILES string of the molecule is COc1ccc(S(=O)(=O)N(C)CCSC)cc1CO. The molecule has 0 amide bonds. The van der Waals surface area contributed by atoms with E-state index in [2.05, 4.69) is 0 Å². The summed E-state index contributed by atoms with van der Waals surface area (Å²) in [6.45, 7) is 0.186. The summed E-state index contributed by atoms with van der Waals surface area (Å²) in [7, 11) is -0.486. The minimum Gasteiger partial charge on any atom is -0.496 e. The van der Waals surface area contributed by atoms with Crippen LogP contribution < -0.4 is 4.74 Å². The highest BCUT2D eigenvalue weighted by atomic mass is 32.2. The molecule has 1 N–H and O–H groups in total. The smallest absolute Gasteiger partial charge is 0.242 e. The van der Waals surface area contributed by atoms with Crippen molar-refractivity contribution in [2.24, 2.45) is 0 Å². The Hall–Kier alpha value is -0.760. The Morgan fingerprint density at radius 1 is 1.42 bits per heavy atom. The molecule has 1 rings (SSSR count). The van der Waals surface area contributed by atoms with Crippen molar-refractivity contribution in [3.63, 3.8) is 0 Å². The molecule has 0 aliphatic carbocycles. The fourth-order valence-electron chi connectivity index (χ4n) is 1.56. The summed E-state index contributed by atoms with van der Waals surface area (Å²) in [5.74, 6) is 1.21. The van der Waals surface area contributed by atoms with E-state index in [-0.39, 0.29) is 11.5 Å². The van der Waals surface area contributed by atoms with Gasteiger partial charge in [-0.15, -0.1) is 0 Å². The van der Waals surface area contributed by atoms with Gasteiger partial charge in [-0.3, -0.25) is 0 Å². The van der Waals surface area contributed by atoms with Crippen molar-refractivity contribution in [1.29, 1.82) is 0 Å². The van der Waals surface area contributed by atoms with Gasteiger partial charge in [-0.25, -0.2) is 12.7 Å². The van der Waals surface area contributed by atoms with Gasteiger partial charge in [0.1, 0.15) is 5.75 Å². The largest absolute Gasteiger partial charge is 0.496 e. The molecule has 1 aromatic rings. The number of hydrogen-bond acceptors (Lipinski definition) is 5. The van der Waals surface area contributed by atoms with Crippen LogP contribution in [0.4, 0.5) is 0 Å². The van der Waals surface area contributed by atoms with Crippen molar-refractivity contribution in [3.05, 3.63) is 23.8 Å². The number of thioether (sulfide) groups is 1. The van der Waals surface area contributed by atoms with Gasteiger partial charge in [0.05, 0.1) is 18.6 Å². The first-order valence-electron chi connectivity index (χ1n) is 5.70. The molecule has 0 atom stereocenters. The van der Waals surface area contributed by atoms with Gasteiger partial charge >= 0.3 is 0 Å². The van der Waals surface area contributed by atoms with Crippen molar-refractivity contribution in [1.82, 2.24) is 4.31 Å². The number of ether oxygens (including phenoxy) is 1. The zero-order chi connectivity index (χ0) is 14.5. The lowest BCUT2D eigenvalue weighted by molar-refractivity contribution is 0.273. The summed E-state index contributed by atoms with van der Waals surface area (Å²) in [4.78, 5) is 0.168. The molecule has 0 aliphatic heterocycles. The second-order valence-corrected chi connectivity index (χ2v) is 6.98. The molecule has 0 unspecified atom stereocenters. The van der Waals surface area contributed by atoms with E-state index in [0.717, 1.165) is 5.75 Å². The average Bonchev–Trinajstić information content (AvgIpc) is 2.43. The third-order valence-corrected chi connectivity index (χ3v) is 5.18. The van der Waals surface area contributed by atoms with Crippen LogP contribution in [0.5, 0.6) is 5.75 Å². The standard InChI is InChI=1S/C12H19NO4S2/c1-13(6-7-18-3)19(15,16)11-4-5-12(17-2)10(8-11)9-14/h4-5,8,14H,6-7,9H2,1-3H3. The van der Waals surface area contributed by atoms with Crippen molar-refractivity contribution in [3.8, 4) is 5.75 Å². The van der Waals surface area contributed by atoms with Gasteiger partial charge in [0.25, 0.3) is 0 Å². The van der Waals surface area contributed by atoms with Crippen LogP contribution in [0, 0.1) is 0 Å². The van der Waals surface area contributed by atoms with Crippen LogP contribution in [0.2, 0.25) is 0 Å². The molecule has 0 aromatic heterocycles. The zero-order valence-corrected chi connectivity index (χ0v) is 12.9. The summed E-state index contributed by atoms with van der Waals surface area (Å²) in [5.41, 5.74) is 0.460. The average molecular weight is 305 g/mol. The highest BCUT2D eigenvalue weighted by Gasteiger charge is 2.21. The van der Waals surface area contributed by atoms with Crippen molar-refractivity contribution in [2.45, 2.75) is 11.5 Å². The van der Waals surface area contributed by atoms with Crippen molar-refractivity contribution < 1.29 is 18.3 Å². The maximum absolute atomic E-state index is 12.3. The maximum Gasteiger partial charge on any atom is 0.242 e. The summed E-state index contributed by atoms with van der Waals surface area (Å²) < 4.78 is 31.0. The second kappa shape index (κ2) is 7.14. The molecule has 5 nitrogen and oxygen atoms in total. The third kappa shape index (κ3) is 3.85. The van der Waals surface area contributed by atoms with E-state index in [0.29, 0.717) is 17.9 Å². The van der Waals surface area contributed by atoms with Crippen LogP contribution in [0.3, 0.4) is 0 Å². The Kier molecular flexibility index (Phi) is 6.12. The van der Waals surface area contributed by atoms with Gasteiger partial charge in [-0.05, 0) is 24.5 Å².